The Kier molecular flexibility index (Phi) is 2.72. The van der Waals surface area contributed by atoms with E-state index in [0.717, 1.165) is 11.1 Å². The normalized spacial score (nSPS) is 13.4. The van der Waals surface area contributed by atoms with E-state index >= 15 is 0 Å². The standard InChI is InChI=1S/C8H9N3O.ClH/c9-8(12)11-4-6-1-2-10-3-7(6)5-11;/h1-3H,4-5H2,(H2,9,12);1H. The van der Waals surface area contributed by atoms with Crippen LogP contribution in [0, 0.1) is 0 Å². The molecule has 70 valence electrons. The monoisotopic (exact) mass is 199 g/mol. The predicted octanol–water partition coefficient (Wildman–Crippen LogP) is 0.898. The zero-order chi connectivity index (χ0) is 8.55. The van der Waals surface area contributed by atoms with Gasteiger partial charge in [0.2, 0.25) is 0 Å². The van der Waals surface area contributed by atoms with Crippen molar-refractivity contribution in [1.82, 2.24) is 9.88 Å². The third-order valence-corrected chi connectivity index (χ3v) is 2.04. The highest BCUT2D eigenvalue weighted by Gasteiger charge is 2.20. The Labute approximate surface area is 82.2 Å². The zero-order valence-corrected chi connectivity index (χ0v) is 7.75. The molecule has 0 aliphatic carbocycles. The van der Waals surface area contributed by atoms with E-state index in [1.807, 2.05) is 6.07 Å². The van der Waals surface area contributed by atoms with Crippen LogP contribution < -0.4 is 5.73 Å². The fraction of sp³-hybridized carbons (Fsp3) is 0.250. The molecule has 0 aromatic carbocycles. The highest BCUT2D eigenvalue weighted by Crippen LogP contribution is 2.20. The van der Waals surface area contributed by atoms with Crippen LogP contribution in [0.25, 0.3) is 0 Å². The van der Waals surface area contributed by atoms with Crippen LogP contribution >= 0.6 is 12.4 Å². The average Bonchev–Trinajstić information content (AvgIpc) is 2.46. The van der Waals surface area contributed by atoms with Crippen molar-refractivity contribution in [2.75, 3.05) is 0 Å². The predicted molar refractivity (Wildman–Crippen MR) is 50.3 cm³/mol. The van der Waals surface area contributed by atoms with Gasteiger partial charge < -0.3 is 10.6 Å². The Morgan fingerprint density at radius 2 is 2.15 bits per heavy atom. The highest BCUT2D eigenvalue weighted by atomic mass is 35.5. The maximum Gasteiger partial charge on any atom is 0.315 e. The largest absolute Gasteiger partial charge is 0.351 e. The van der Waals surface area contributed by atoms with Gasteiger partial charge in [-0.15, -0.1) is 12.4 Å². The van der Waals surface area contributed by atoms with E-state index in [1.165, 1.54) is 0 Å². The molecule has 0 unspecified atom stereocenters. The molecule has 0 saturated heterocycles. The summed E-state index contributed by atoms with van der Waals surface area (Å²) in [7, 11) is 0. The highest BCUT2D eigenvalue weighted by molar-refractivity contribution is 5.85. The number of carbonyl (C=O) groups excluding carboxylic acids is 1. The molecule has 0 atom stereocenters. The SMILES string of the molecule is Cl.NC(=O)N1Cc2ccncc2C1. The number of nitrogens with two attached hydrogens (primary N) is 1. The number of fused-ring (bicyclic) bond motifs is 1. The number of hydrogen-bond donors (Lipinski definition) is 1. The Hall–Kier alpha value is -1.29. The van der Waals surface area contributed by atoms with Gasteiger partial charge in [-0.3, -0.25) is 4.98 Å². The minimum Gasteiger partial charge on any atom is -0.351 e. The summed E-state index contributed by atoms with van der Waals surface area (Å²) in [5.41, 5.74) is 7.38. The Bertz CT molecular complexity index is 304. The number of rotatable bonds is 0. The second-order valence-electron chi connectivity index (χ2n) is 2.84. The number of halogens is 1. The lowest BCUT2D eigenvalue weighted by molar-refractivity contribution is 0.208. The van der Waals surface area contributed by atoms with E-state index in [9.17, 15) is 4.79 Å². The van der Waals surface area contributed by atoms with E-state index in [0.29, 0.717) is 13.1 Å². The van der Waals surface area contributed by atoms with Crippen molar-refractivity contribution < 1.29 is 4.79 Å². The Balaban J connectivity index is 0.000000845. The summed E-state index contributed by atoms with van der Waals surface area (Å²) in [5.74, 6) is 0. The molecule has 0 spiro atoms. The molecule has 13 heavy (non-hydrogen) atoms. The molecule has 2 amide bonds. The molecule has 5 heteroatoms. The smallest absolute Gasteiger partial charge is 0.315 e. The molecule has 1 aromatic rings. The molecule has 2 heterocycles. The number of pyridine rings is 1. The van der Waals surface area contributed by atoms with Gasteiger partial charge in [0.25, 0.3) is 0 Å². The molecular weight excluding hydrogens is 190 g/mol. The van der Waals surface area contributed by atoms with Gasteiger partial charge in [-0.05, 0) is 17.2 Å². The second kappa shape index (κ2) is 3.62. The van der Waals surface area contributed by atoms with Gasteiger partial charge in [0.1, 0.15) is 0 Å². The molecular formula is C8H10ClN3O. The Morgan fingerprint density at radius 3 is 2.77 bits per heavy atom. The van der Waals surface area contributed by atoms with Gasteiger partial charge in [0.15, 0.2) is 0 Å². The molecule has 4 nitrogen and oxygen atoms in total. The van der Waals surface area contributed by atoms with Crippen LogP contribution in [-0.2, 0) is 13.1 Å². The van der Waals surface area contributed by atoms with E-state index in [-0.39, 0.29) is 18.4 Å². The Morgan fingerprint density at radius 1 is 1.46 bits per heavy atom. The van der Waals surface area contributed by atoms with Crippen molar-refractivity contribution in [1.29, 1.82) is 0 Å². The fourth-order valence-corrected chi connectivity index (χ4v) is 1.38. The summed E-state index contributed by atoms with van der Waals surface area (Å²) >= 11 is 0. The van der Waals surface area contributed by atoms with E-state index in [4.69, 9.17) is 5.73 Å². The van der Waals surface area contributed by atoms with Crippen LogP contribution in [-0.4, -0.2) is 15.9 Å². The molecule has 1 aliphatic rings. The molecule has 0 saturated carbocycles. The number of amides is 2. The minimum atomic E-state index is -0.369. The van der Waals surface area contributed by atoms with Crippen LogP contribution in [0.4, 0.5) is 4.79 Å². The first kappa shape index (κ1) is 9.80. The summed E-state index contributed by atoms with van der Waals surface area (Å²) in [6.45, 7) is 1.21. The van der Waals surface area contributed by atoms with Gasteiger partial charge in [-0.1, -0.05) is 0 Å². The molecule has 0 fully saturated rings. The first-order valence-electron chi connectivity index (χ1n) is 3.73. The van der Waals surface area contributed by atoms with Crippen LogP contribution in [0.3, 0.4) is 0 Å². The molecule has 0 bridgehead atoms. The number of primary amides is 1. The maximum absolute atomic E-state index is 10.8. The average molecular weight is 200 g/mol. The number of urea groups is 1. The van der Waals surface area contributed by atoms with E-state index in [1.54, 1.807) is 17.3 Å². The van der Waals surface area contributed by atoms with Crippen molar-refractivity contribution >= 4 is 18.4 Å². The van der Waals surface area contributed by atoms with Crippen molar-refractivity contribution in [3.8, 4) is 0 Å². The summed E-state index contributed by atoms with van der Waals surface area (Å²) in [4.78, 5) is 16.4. The number of aromatic nitrogens is 1. The summed E-state index contributed by atoms with van der Waals surface area (Å²) < 4.78 is 0. The third kappa shape index (κ3) is 1.72. The third-order valence-electron chi connectivity index (χ3n) is 2.04. The fourth-order valence-electron chi connectivity index (χ4n) is 1.38. The van der Waals surface area contributed by atoms with Crippen LogP contribution in [0.1, 0.15) is 11.1 Å². The summed E-state index contributed by atoms with van der Waals surface area (Å²) in [6.07, 6.45) is 3.50. The number of nitrogens with zero attached hydrogens (tertiary/aromatic N) is 2. The molecule has 1 aromatic heterocycles. The second-order valence-corrected chi connectivity index (χ2v) is 2.84. The molecule has 2 rings (SSSR count). The quantitative estimate of drug-likeness (QED) is 0.675. The number of carbonyl (C=O) groups is 1. The lowest BCUT2D eigenvalue weighted by atomic mass is 10.2. The summed E-state index contributed by atoms with van der Waals surface area (Å²) in [6, 6.07) is 1.55. The van der Waals surface area contributed by atoms with Crippen LogP contribution in [0.5, 0.6) is 0 Å². The lowest BCUT2D eigenvalue weighted by Gasteiger charge is -2.10. The molecule has 2 N–H and O–H groups in total. The van der Waals surface area contributed by atoms with Crippen molar-refractivity contribution in [2.45, 2.75) is 13.1 Å². The van der Waals surface area contributed by atoms with Gasteiger partial charge in [0, 0.05) is 25.5 Å². The summed E-state index contributed by atoms with van der Waals surface area (Å²) in [5, 5.41) is 0. The van der Waals surface area contributed by atoms with Gasteiger partial charge in [-0.25, -0.2) is 4.79 Å². The van der Waals surface area contributed by atoms with Crippen molar-refractivity contribution in [2.24, 2.45) is 5.73 Å². The molecule has 0 radical (unpaired) electrons. The number of hydrogen-bond acceptors (Lipinski definition) is 2. The topological polar surface area (TPSA) is 59.2 Å². The maximum atomic E-state index is 10.8. The zero-order valence-electron chi connectivity index (χ0n) is 6.93. The van der Waals surface area contributed by atoms with Crippen molar-refractivity contribution in [3.05, 3.63) is 29.6 Å². The minimum absolute atomic E-state index is 0. The molecule has 1 aliphatic heterocycles. The van der Waals surface area contributed by atoms with Crippen LogP contribution in [0.15, 0.2) is 18.5 Å². The van der Waals surface area contributed by atoms with E-state index in [2.05, 4.69) is 4.98 Å². The van der Waals surface area contributed by atoms with E-state index < -0.39 is 0 Å². The van der Waals surface area contributed by atoms with Crippen LogP contribution in [0.2, 0.25) is 0 Å². The van der Waals surface area contributed by atoms with Crippen molar-refractivity contribution in [3.63, 3.8) is 0 Å². The van der Waals surface area contributed by atoms with Gasteiger partial charge >= 0.3 is 6.03 Å². The lowest BCUT2D eigenvalue weighted by Crippen LogP contribution is -2.30. The first-order valence-corrected chi connectivity index (χ1v) is 3.73. The van der Waals surface area contributed by atoms with Gasteiger partial charge in [-0.2, -0.15) is 0 Å². The van der Waals surface area contributed by atoms with Gasteiger partial charge in [0.05, 0.1) is 0 Å². The first-order chi connectivity index (χ1) is 5.77.